The molecule has 0 bridgehead atoms. The summed E-state index contributed by atoms with van der Waals surface area (Å²) in [5.41, 5.74) is 5.81. The van der Waals surface area contributed by atoms with E-state index in [9.17, 15) is 0 Å². The predicted molar refractivity (Wildman–Crippen MR) is 85.1 cm³/mol. The molecule has 0 amide bonds. The quantitative estimate of drug-likeness (QED) is 0.866. The lowest BCUT2D eigenvalue weighted by molar-refractivity contribution is 0.00494. The van der Waals surface area contributed by atoms with Crippen LogP contribution < -0.4 is 10.6 Å². The Morgan fingerprint density at radius 1 is 1.14 bits per heavy atom. The first-order valence-electron chi connectivity index (χ1n) is 7.43. The van der Waals surface area contributed by atoms with Gasteiger partial charge in [0.1, 0.15) is 5.82 Å². The molecule has 0 radical (unpaired) electrons. The SMILES string of the molecule is CC1C(C)N(Cc2nc(N)nc(N(C)C)n2)C(C)CN1C. The summed E-state index contributed by atoms with van der Waals surface area (Å²) >= 11 is 0. The van der Waals surface area contributed by atoms with E-state index >= 15 is 0 Å². The molecule has 2 heterocycles. The van der Waals surface area contributed by atoms with Crippen molar-refractivity contribution in [1.29, 1.82) is 0 Å². The number of rotatable bonds is 3. The van der Waals surface area contributed by atoms with Gasteiger partial charge in [0, 0.05) is 38.8 Å². The van der Waals surface area contributed by atoms with Gasteiger partial charge in [0.15, 0.2) is 0 Å². The molecular weight excluding hydrogens is 266 g/mol. The first kappa shape index (κ1) is 15.9. The number of nitrogen functional groups attached to an aromatic ring is 1. The minimum atomic E-state index is 0.284. The third-order valence-corrected chi connectivity index (χ3v) is 4.45. The smallest absolute Gasteiger partial charge is 0.229 e. The standard InChI is InChI=1S/C14H27N7/c1-9-7-20(6)10(2)11(3)21(9)8-12-16-13(15)18-14(17-12)19(4)5/h9-11H,7-8H2,1-6H3,(H2,15,16,17,18). The average molecular weight is 293 g/mol. The second-order valence-corrected chi connectivity index (χ2v) is 6.25. The van der Waals surface area contributed by atoms with Crippen molar-refractivity contribution in [3.05, 3.63) is 5.82 Å². The number of piperazine rings is 1. The van der Waals surface area contributed by atoms with Crippen LogP contribution in [0.15, 0.2) is 0 Å². The Morgan fingerprint density at radius 3 is 2.43 bits per heavy atom. The molecule has 1 aliphatic heterocycles. The third kappa shape index (κ3) is 3.41. The summed E-state index contributed by atoms with van der Waals surface area (Å²) in [7, 11) is 5.99. The van der Waals surface area contributed by atoms with Crippen LogP contribution in [0.3, 0.4) is 0 Å². The summed E-state index contributed by atoms with van der Waals surface area (Å²) < 4.78 is 0. The molecule has 0 spiro atoms. The number of nitrogens with two attached hydrogens (primary N) is 1. The highest BCUT2D eigenvalue weighted by Crippen LogP contribution is 2.22. The van der Waals surface area contributed by atoms with Gasteiger partial charge in [-0.15, -0.1) is 0 Å². The van der Waals surface area contributed by atoms with E-state index in [-0.39, 0.29) is 5.95 Å². The molecule has 21 heavy (non-hydrogen) atoms. The molecule has 1 fully saturated rings. The van der Waals surface area contributed by atoms with E-state index in [4.69, 9.17) is 5.73 Å². The molecule has 1 aliphatic rings. The van der Waals surface area contributed by atoms with E-state index in [1.807, 2.05) is 19.0 Å². The topological polar surface area (TPSA) is 74.4 Å². The normalized spacial score (nSPS) is 27.8. The van der Waals surface area contributed by atoms with Gasteiger partial charge in [0.2, 0.25) is 11.9 Å². The highest BCUT2D eigenvalue weighted by molar-refractivity contribution is 5.32. The zero-order valence-electron chi connectivity index (χ0n) is 13.9. The van der Waals surface area contributed by atoms with Gasteiger partial charge in [-0.05, 0) is 27.8 Å². The molecule has 118 valence electrons. The van der Waals surface area contributed by atoms with E-state index in [2.05, 4.69) is 52.6 Å². The number of hydrogen-bond donors (Lipinski definition) is 1. The van der Waals surface area contributed by atoms with Gasteiger partial charge >= 0.3 is 0 Å². The first-order chi connectivity index (χ1) is 9.79. The van der Waals surface area contributed by atoms with Crippen LogP contribution in [-0.4, -0.2) is 70.6 Å². The van der Waals surface area contributed by atoms with E-state index < -0.39 is 0 Å². The third-order valence-electron chi connectivity index (χ3n) is 4.45. The minimum absolute atomic E-state index is 0.284. The Balaban J connectivity index is 2.20. The van der Waals surface area contributed by atoms with Crippen LogP contribution in [0.4, 0.5) is 11.9 Å². The largest absolute Gasteiger partial charge is 0.368 e. The summed E-state index contributed by atoms with van der Waals surface area (Å²) in [6, 6.07) is 1.41. The molecule has 7 nitrogen and oxygen atoms in total. The van der Waals surface area contributed by atoms with Crippen molar-refractivity contribution >= 4 is 11.9 Å². The first-order valence-corrected chi connectivity index (χ1v) is 7.43. The van der Waals surface area contributed by atoms with Crippen molar-refractivity contribution in [2.45, 2.75) is 45.4 Å². The molecule has 2 rings (SSSR count). The summed E-state index contributed by atoms with van der Waals surface area (Å²) in [5, 5.41) is 0. The zero-order chi connectivity index (χ0) is 15.7. The second-order valence-electron chi connectivity index (χ2n) is 6.25. The highest BCUT2D eigenvalue weighted by Gasteiger charge is 2.33. The lowest BCUT2D eigenvalue weighted by Gasteiger charge is -2.47. The fourth-order valence-electron chi connectivity index (χ4n) is 2.89. The summed E-state index contributed by atoms with van der Waals surface area (Å²) in [6.07, 6.45) is 0. The van der Waals surface area contributed by atoms with Crippen LogP contribution >= 0.6 is 0 Å². The monoisotopic (exact) mass is 293 g/mol. The molecular formula is C14H27N7. The highest BCUT2D eigenvalue weighted by atomic mass is 15.3. The summed E-state index contributed by atoms with van der Waals surface area (Å²) in [6.45, 7) is 8.52. The molecule has 0 aliphatic carbocycles. The Hall–Kier alpha value is -1.47. The maximum Gasteiger partial charge on any atom is 0.229 e. The minimum Gasteiger partial charge on any atom is -0.368 e. The number of likely N-dealkylation sites (N-methyl/N-ethyl adjacent to an activating group) is 1. The zero-order valence-corrected chi connectivity index (χ0v) is 13.9. The molecule has 0 aromatic carbocycles. The van der Waals surface area contributed by atoms with Gasteiger partial charge in [-0.2, -0.15) is 15.0 Å². The second kappa shape index (κ2) is 6.11. The van der Waals surface area contributed by atoms with E-state index in [1.165, 1.54) is 0 Å². The van der Waals surface area contributed by atoms with Crippen LogP contribution in [0.2, 0.25) is 0 Å². The van der Waals surface area contributed by atoms with Crippen molar-refractivity contribution < 1.29 is 0 Å². The van der Waals surface area contributed by atoms with Crippen molar-refractivity contribution in [2.75, 3.05) is 38.3 Å². The summed E-state index contributed by atoms with van der Waals surface area (Å²) in [4.78, 5) is 19.6. The van der Waals surface area contributed by atoms with Crippen LogP contribution in [0.1, 0.15) is 26.6 Å². The average Bonchev–Trinajstić information content (AvgIpc) is 2.40. The maximum absolute atomic E-state index is 5.81. The van der Waals surface area contributed by atoms with Crippen molar-refractivity contribution in [3.8, 4) is 0 Å². The van der Waals surface area contributed by atoms with Crippen LogP contribution in [0, 0.1) is 0 Å². The van der Waals surface area contributed by atoms with E-state index in [0.717, 1.165) is 12.4 Å². The molecule has 1 aromatic heterocycles. The Labute approximate surface area is 127 Å². The van der Waals surface area contributed by atoms with Crippen LogP contribution in [0.5, 0.6) is 0 Å². The molecule has 3 atom stereocenters. The van der Waals surface area contributed by atoms with Crippen LogP contribution in [0.25, 0.3) is 0 Å². The fraction of sp³-hybridized carbons (Fsp3) is 0.786. The van der Waals surface area contributed by atoms with Gasteiger partial charge in [0.05, 0.1) is 6.54 Å². The van der Waals surface area contributed by atoms with Crippen molar-refractivity contribution in [3.63, 3.8) is 0 Å². The van der Waals surface area contributed by atoms with Gasteiger partial charge < -0.3 is 15.5 Å². The number of nitrogens with zero attached hydrogens (tertiary/aromatic N) is 6. The lowest BCUT2D eigenvalue weighted by atomic mass is 10.0. The van der Waals surface area contributed by atoms with Crippen molar-refractivity contribution in [1.82, 2.24) is 24.8 Å². The number of hydrogen-bond acceptors (Lipinski definition) is 7. The molecule has 1 saturated heterocycles. The van der Waals surface area contributed by atoms with Gasteiger partial charge in [-0.3, -0.25) is 4.90 Å². The molecule has 2 N–H and O–H groups in total. The molecule has 0 saturated carbocycles. The van der Waals surface area contributed by atoms with E-state index in [1.54, 1.807) is 0 Å². The Kier molecular flexibility index (Phi) is 4.63. The Bertz CT molecular complexity index is 490. The number of anilines is 2. The van der Waals surface area contributed by atoms with E-state index in [0.29, 0.717) is 30.6 Å². The molecule has 1 aromatic rings. The van der Waals surface area contributed by atoms with Gasteiger partial charge in [0.25, 0.3) is 0 Å². The lowest BCUT2D eigenvalue weighted by Crippen LogP contribution is -2.59. The fourth-order valence-corrected chi connectivity index (χ4v) is 2.89. The maximum atomic E-state index is 5.81. The van der Waals surface area contributed by atoms with Crippen LogP contribution in [-0.2, 0) is 6.54 Å². The van der Waals surface area contributed by atoms with Crippen molar-refractivity contribution in [2.24, 2.45) is 0 Å². The molecule has 7 heteroatoms. The van der Waals surface area contributed by atoms with Gasteiger partial charge in [-0.1, -0.05) is 0 Å². The predicted octanol–water partition coefficient (Wildman–Crippen LogP) is 0.433. The summed E-state index contributed by atoms with van der Waals surface area (Å²) in [5.74, 6) is 1.63. The molecule has 3 unspecified atom stereocenters. The number of aromatic nitrogens is 3. The Morgan fingerprint density at radius 2 is 1.81 bits per heavy atom. The van der Waals surface area contributed by atoms with Gasteiger partial charge in [-0.25, -0.2) is 0 Å².